The van der Waals surface area contributed by atoms with Crippen molar-refractivity contribution in [2.45, 2.75) is 26.0 Å². The second-order valence-corrected chi connectivity index (χ2v) is 6.86. The van der Waals surface area contributed by atoms with Gasteiger partial charge in [-0.2, -0.15) is 0 Å². The first-order valence-corrected chi connectivity index (χ1v) is 9.62. The van der Waals surface area contributed by atoms with Crippen LogP contribution >= 0.6 is 0 Å². The molecule has 0 unspecified atom stereocenters. The summed E-state index contributed by atoms with van der Waals surface area (Å²) in [6.45, 7) is 3.41. The van der Waals surface area contributed by atoms with Crippen molar-refractivity contribution in [1.29, 1.82) is 0 Å². The van der Waals surface area contributed by atoms with E-state index >= 15 is 0 Å². The highest BCUT2D eigenvalue weighted by molar-refractivity contribution is 6.06. The van der Waals surface area contributed by atoms with Gasteiger partial charge >= 0.3 is 0 Å². The highest BCUT2D eigenvalue weighted by Gasteiger charge is 2.20. The molecule has 0 radical (unpaired) electrons. The molecular weight excluding hydrogens is 383 g/mol. The summed E-state index contributed by atoms with van der Waals surface area (Å²) in [7, 11) is 0. The zero-order valence-electron chi connectivity index (χ0n) is 16.8. The number of ether oxygens (including phenoxy) is 1. The van der Waals surface area contributed by atoms with Gasteiger partial charge in [0.25, 0.3) is 11.8 Å². The SMILES string of the molecule is C[C@H](NC(=O)[C@@H](C)Oc1ccccc1C(=O)Nc1ccccc1)c1ccc(F)cc1. The third-order valence-electron chi connectivity index (χ3n) is 4.57. The molecule has 3 aromatic carbocycles. The van der Waals surface area contributed by atoms with E-state index in [-0.39, 0.29) is 23.7 Å². The molecule has 30 heavy (non-hydrogen) atoms. The average Bonchev–Trinajstić information content (AvgIpc) is 2.75. The largest absolute Gasteiger partial charge is 0.480 e. The number of amides is 2. The van der Waals surface area contributed by atoms with Crippen LogP contribution in [0.1, 0.15) is 35.8 Å². The van der Waals surface area contributed by atoms with Crippen molar-refractivity contribution in [1.82, 2.24) is 5.32 Å². The van der Waals surface area contributed by atoms with Crippen LogP contribution in [0.5, 0.6) is 5.75 Å². The minimum absolute atomic E-state index is 0.308. The van der Waals surface area contributed by atoms with Crippen LogP contribution in [0.2, 0.25) is 0 Å². The lowest BCUT2D eigenvalue weighted by Crippen LogP contribution is -2.38. The molecule has 6 heteroatoms. The van der Waals surface area contributed by atoms with Crippen molar-refractivity contribution in [3.05, 3.63) is 95.8 Å². The minimum Gasteiger partial charge on any atom is -0.480 e. The smallest absolute Gasteiger partial charge is 0.261 e. The molecule has 2 amide bonds. The monoisotopic (exact) mass is 406 g/mol. The molecule has 0 spiro atoms. The van der Waals surface area contributed by atoms with E-state index in [1.807, 2.05) is 18.2 Å². The van der Waals surface area contributed by atoms with Crippen LogP contribution in [0.4, 0.5) is 10.1 Å². The van der Waals surface area contributed by atoms with E-state index in [1.165, 1.54) is 12.1 Å². The van der Waals surface area contributed by atoms with Crippen molar-refractivity contribution in [2.75, 3.05) is 5.32 Å². The average molecular weight is 406 g/mol. The van der Waals surface area contributed by atoms with E-state index in [0.29, 0.717) is 17.0 Å². The normalized spacial score (nSPS) is 12.5. The number of benzene rings is 3. The maximum atomic E-state index is 13.1. The van der Waals surface area contributed by atoms with E-state index < -0.39 is 6.10 Å². The lowest BCUT2D eigenvalue weighted by molar-refractivity contribution is -0.127. The Morgan fingerprint density at radius 1 is 0.867 bits per heavy atom. The van der Waals surface area contributed by atoms with Gasteiger partial charge in [-0.25, -0.2) is 4.39 Å². The van der Waals surface area contributed by atoms with Crippen molar-refractivity contribution in [3.8, 4) is 5.75 Å². The third-order valence-corrected chi connectivity index (χ3v) is 4.57. The van der Waals surface area contributed by atoms with Crippen molar-refractivity contribution >= 4 is 17.5 Å². The van der Waals surface area contributed by atoms with Crippen molar-refractivity contribution < 1.29 is 18.7 Å². The lowest BCUT2D eigenvalue weighted by Gasteiger charge is -2.20. The number of carbonyl (C=O) groups is 2. The Bertz CT molecular complexity index is 1010. The molecule has 0 aliphatic carbocycles. The topological polar surface area (TPSA) is 67.4 Å². The Morgan fingerprint density at radius 2 is 1.50 bits per heavy atom. The Balaban J connectivity index is 1.66. The minimum atomic E-state index is -0.835. The van der Waals surface area contributed by atoms with Crippen LogP contribution in [0, 0.1) is 5.82 Å². The van der Waals surface area contributed by atoms with E-state index in [1.54, 1.807) is 62.4 Å². The molecule has 2 atom stereocenters. The fraction of sp³-hybridized carbons (Fsp3) is 0.167. The van der Waals surface area contributed by atoms with Gasteiger partial charge in [-0.15, -0.1) is 0 Å². The molecule has 3 aromatic rings. The van der Waals surface area contributed by atoms with E-state index in [4.69, 9.17) is 4.74 Å². The summed E-state index contributed by atoms with van der Waals surface area (Å²) in [6, 6.07) is 21.5. The maximum absolute atomic E-state index is 13.1. The van der Waals surface area contributed by atoms with Gasteiger partial charge in [-0.3, -0.25) is 9.59 Å². The van der Waals surface area contributed by atoms with Crippen LogP contribution in [0.25, 0.3) is 0 Å². The predicted octanol–water partition coefficient (Wildman–Crippen LogP) is 4.72. The van der Waals surface area contributed by atoms with Crippen molar-refractivity contribution in [3.63, 3.8) is 0 Å². The van der Waals surface area contributed by atoms with E-state index in [0.717, 1.165) is 5.56 Å². The molecule has 2 N–H and O–H groups in total. The Hall–Kier alpha value is -3.67. The van der Waals surface area contributed by atoms with Crippen LogP contribution in [0.15, 0.2) is 78.9 Å². The molecule has 0 saturated heterocycles. The summed E-state index contributed by atoms with van der Waals surface area (Å²) in [5, 5.41) is 5.65. The van der Waals surface area contributed by atoms with E-state index in [2.05, 4.69) is 10.6 Å². The molecule has 0 aliphatic heterocycles. The first-order valence-electron chi connectivity index (χ1n) is 9.62. The lowest BCUT2D eigenvalue weighted by atomic mass is 10.1. The summed E-state index contributed by atoms with van der Waals surface area (Å²) in [5.41, 5.74) is 1.77. The van der Waals surface area contributed by atoms with Gasteiger partial charge in [0.15, 0.2) is 6.10 Å². The number of anilines is 1. The Labute approximate surface area is 174 Å². The first-order chi connectivity index (χ1) is 14.4. The second-order valence-electron chi connectivity index (χ2n) is 6.86. The number of rotatable bonds is 7. The molecule has 154 valence electrons. The molecule has 0 bridgehead atoms. The highest BCUT2D eigenvalue weighted by atomic mass is 19.1. The summed E-state index contributed by atoms with van der Waals surface area (Å²) >= 11 is 0. The third kappa shape index (κ3) is 5.44. The summed E-state index contributed by atoms with van der Waals surface area (Å²) < 4.78 is 18.9. The zero-order valence-corrected chi connectivity index (χ0v) is 16.8. The number of carbonyl (C=O) groups excluding carboxylic acids is 2. The first kappa shape index (κ1) is 21.0. The summed E-state index contributed by atoms with van der Waals surface area (Å²) in [5.74, 6) is -0.698. The van der Waals surface area contributed by atoms with Gasteiger partial charge in [-0.05, 0) is 55.8 Å². The molecule has 0 saturated carbocycles. The summed E-state index contributed by atoms with van der Waals surface area (Å²) in [6.07, 6.45) is -0.835. The van der Waals surface area contributed by atoms with Crippen LogP contribution in [0.3, 0.4) is 0 Å². The molecule has 0 aromatic heterocycles. The van der Waals surface area contributed by atoms with Crippen molar-refractivity contribution in [2.24, 2.45) is 0 Å². The number of hydrogen-bond acceptors (Lipinski definition) is 3. The van der Waals surface area contributed by atoms with Gasteiger partial charge in [0.2, 0.25) is 0 Å². The molecule has 0 fully saturated rings. The molecule has 3 rings (SSSR count). The molecule has 0 heterocycles. The molecular formula is C24H23FN2O3. The van der Waals surface area contributed by atoms with Gasteiger partial charge in [0, 0.05) is 5.69 Å². The maximum Gasteiger partial charge on any atom is 0.261 e. The second kappa shape index (κ2) is 9.69. The van der Waals surface area contributed by atoms with Gasteiger partial charge in [-0.1, -0.05) is 42.5 Å². The molecule has 5 nitrogen and oxygen atoms in total. The van der Waals surface area contributed by atoms with Crippen LogP contribution in [-0.2, 0) is 4.79 Å². The predicted molar refractivity (Wildman–Crippen MR) is 114 cm³/mol. The van der Waals surface area contributed by atoms with Gasteiger partial charge in [0.05, 0.1) is 11.6 Å². The zero-order chi connectivity index (χ0) is 21.5. The molecule has 0 aliphatic rings. The fourth-order valence-electron chi connectivity index (χ4n) is 2.89. The summed E-state index contributed by atoms with van der Waals surface area (Å²) in [4.78, 5) is 25.2. The fourth-order valence-corrected chi connectivity index (χ4v) is 2.89. The van der Waals surface area contributed by atoms with Gasteiger partial charge < -0.3 is 15.4 Å². The highest BCUT2D eigenvalue weighted by Crippen LogP contribution is 2.21. The number of hydrogen-bond donors (Lipinski definition) is 2. The Morgan fingerprint density at radius 3 is 2.20 bits per heavy atom. The number of para-hydroxylation sites is 2. The van der Waals surface area contributed by atoms with Crippen LogP contribution < -0.4 is 15.4 Å². The quantitative estimate of drug-likeness (QED) is 0.596. The van der Waals surface area contributed by atoms with Gasteiger partial charge in [0.1, 0.15) is 11.6 Å². The standard InChI is InChI=1S/C24H23FN2O3/c1-16(18-12-14-19(25)15-13-18)26-23(28)17(2)30-22-11-7-6-10-21(22)24(29)27-20-8-4-3-5-9-20/h3-17H,1-2H3,(H,26,28)(H,27,29)/t16-,17+/m0/s1. The Kier molecular flexibility index (Phi) is 6.80. The number of nitrogens with one attached hydrogen (secondary N) is 2. The van der Waals surface area contributed by atoms with Crippen LogP contribution in [-0.4, -0.2) is 17.9 Å². The number of halogens is 1. The van der Waals surface area contributed by atoms with E-state index in [9.17, 15) is 14.0 Å².